The summed E-state index contributed by atoms with van der Waals surface area (Å²) in [6.07, 6.45) is 1.41. The van der Waals surface area contributed by atoms with E-state index in [-0.39, 0.29) is 5.91 Å². The number of aromatic nitrogens is 2. The standard InChI is InChI=1S/C10H15N3O/c1-7-8-6-12(2)10(14)5-4-9(8)13(3)11-7/h4-6H2,1-3H3. The Bertz CT molecular complexity index is 381. The van der Waals surface area contributed by atoms with Crippen LogP contribution in [0.3, 0.4) is 0 Å². The maximum absolute atomic E-state index is 11.5. The average molecular weight is 193 g/mol. The van der Waals surface area contributed by atoms with Crippen molar-refractivity contribution in [2.75, 3.05) is 7.05 Å². The van der Waals surface area contributed by atoms with Crippen LogP contribution in [0.2, 0.25) is 0 Å². The van der Waals surface area contributed by atoms with E-state index >= 15 is 0 Å². The molecule has 0 radical (unpaired) electrons. The van der Waals surface area contributed by atoms with Crippen LogP contribution < -0.4 is 0 Å². The van der Waals surface area contributed by atoms with Crippen molar-refractivity contribution in [3.05, 3.63) is 17.0 Å². The molecular weight excluding hydrogens is 178 g/mol. The second kappa shape index (κ2) is 3.12. The lowest BCUT2D eigenvalue weighted by atomic mass is 10.1. The van der Waals surface area contributed by atoms with Crippen molar-refractivity contribution in [2.45, 2.75) is 26.3 Å². The molecular formula is C10H15N3O. The molecule has 0 unspecified atom stereocenters. The fraction of sp³-hybridized carbons (Fsp3) is 0.600. The number of hydrogen-bond donors (Lipinski definition) is 0. The van der Waals surface area contributed by atoms with Crippen LogP contribution in [0.5, 0.6) is 0 Å². The number of nitrogens with zero attached hydrogens (tertiary/aromatic N) is 3. The van der Waals surface area contributed by atoms with Crippen LogP contribution in [0.1, 0.15) is 23.4 Å². The zero-order chi connectivity index (χ0) is 10.3. The highest BCUT2D eigenvalue weighted by Crippen LogP contribution is 2.20. The Labute approximate surface area is 83.5 Å². The second-order valence-electron chi connectivity index (χ2n) is 3.88. The first-order valence-electron chi connectivity index (χ1n) is 4.85. The molecule has 0 saturated heterocycles. The van der Waals surface area contributed by atoms with Gasteiger partial charge in [0.05, 0.1) is 5.69 Å². The number of amides is 1. The van der Waals surface area contributed by atoms with Gasteiger partial charge in [-0.25, -0.2) is 0 Å². The van der Waals surface area contributed by atoms with Crippen LogP contribution in [0.15, 0.2) is 0 Å². The average Bonchev–Trinajstić information content (AvgIpc) is 2.31. The van der Waals surface area contributed by atoms with Gasteiger partial charge < -0.3 is 4.90 Å². The summed E-state index contributed by atoms with van der Waals surface area (Å²) in [4.78, 5) is 13.3. The smallest absolute Gasteiger partial charge is 0.223 e. The van der Waals surface area contributed by atoms with Gasteiger partial charge in [0, 0.05) is 38.3 Å². The highest BCUT2D eigenvalue weighted by molar-refractivity contribution is 5.76. The Kier molecular flexibility index (Phi) is 2.06. The number of fused-ring (bicyclic) bond motifs is 1. The minimum absolute atomic E-state index is 0.223. The summed E-state index contributed by atoms with van der Waals surface area (Å²) in [5.41, 5.74) is 3.48. The summed E-state index contributed by atoms with van der Waals surface area (Å²) in [6.45, 7) is 2.70. The van der Waals surface area contributed by atoms with E-state index in [9.17, 15) is 4.79 Å². The summed E-state index contributed by atoms with van der Waals surface area (Å²) in [6, 6.07) is 0. The molecule has 0 N–H and O–H groups in total. The zero-order valence-electron chi connectivity index (χ0n) is 8.87. The molecule has 1 amide bonds. The van der Waals surface area contributed by atoms with Gasteiger partial charge in [-0.3, -0.25) is 9.48 Å². The molecule has 0 aromatic carbocycles. The summed E-state index contributed by atoms with van der Waals surface area (Å²) in [5, 5.41) is 4.37. The van der Waals surface area contributed by atoms with E-state index < -0.39 is 0 Å². The molecule has 1 aliphatic heterocycles. The molecule has 0 aliphatic carbocycles. The van der Waals surface area contributed by atoms with Crippen LogP contribution in [-0.4, -0.2) is 27.6 Å². The number of hydrogen-bond acceptors (Lipinski definition) is 2. The molecule has 4 heteroatoms. The third-order valence-corrected chi connectivity index (χ3v) is 2.87. The molecule has 4 nitrogen and oxygen atoms in total. The summed E-state index contributed by atoms with van der Waals surface area (Å²) < 4.78 is 1.90. The van der Waals surface area contributed by atoms with Gasteiger partial charge in [-0.05, 0) is 13.3 Å². The minimum atomic E-state index is 0.223. The zero-order valence-corrected chi connectivity index (χ0v) is 8.87. The Morgan fingerprint density at radius 3 is 2.71 bits per heavy atom. The molecule has 14 heavy (non-hydrogen) atoms. The summed E-state index contributed by atoms with van der Waals surface area (Å²) in [5.74, 6) is 0.223. The number of carbonyl (C=O) groups is 1. The Morgan fingerprint density at radius 2 is 2.00 bits per heavy atom. The number of aryl methyl sites for hydroxylation is 2. The van der Waals surface area contributed by atoms with Gasteiger partial charge in [0.25, 0.3) is 0 Å². The van der Waals surface area contributed by atoms with Crippen LogP contribution in [0, 0.1) is 6.92 Å². The predicted octanol–water partition coefficient (Wildman–Crippen LogP) is 0.633. The molecule has 1 aliphatic rings. The third-order valence-electron chi connectivity index (χ3n) is 2.87. The first-order valence-corrected chi connectivity index (χ1v) is 4.85. The first kappa shape index (κ1) is 9.24. The summed E-state index contributed by atoms with van der Waals surface area (Å²) in [7, 11) is 3.80. The van der Waals surface area contributed by atoms with E-state index in [0.717, 1.165) is 12.1 Å². The van der Waals surface area contributed by atoms with E-state index in [1.807, 2.05) is 25.7 Å². The van der Waals surface area contributed by atoms with E-state index in [4.69, 9.17) is 0 Å². The number of rotatable bonds is 0. The van der Waals surface area contributed by atoms with Crippen molar-refractivity contribution in [3.8, 4) is 0 Å². The topological polar surface area (TPSA) is 38.1 Å². The van der Waals surface area contributed by atoms with Crippen molar-refractivity contribution in [2.24, 2.45) is 7.05 Å². The van der Waals surface area contributed by atoms with Gasteiger partial charge in [-0.2, -0.15) is 5.10 Å². The Hall–Kier alpha value is -1.32. The van der Waals surface area contributed by atoms with Gasteiger partial charge in [0.1, 0.15) is 0 Å². The lowest BCUT2D eigenvalue weighted by Gasteiger charge is -2.13. The lowest BCUT2D eigenvalue weighted by molar-refractivity contribution is -0.130. The van der Waals surface area contributed by atoms with Gasteiger partial charge in [-0.1, -0.05) is 0 Å². The van der Waals surface area contributed by atoms with Crippen molar-refractivity contribution >= 4 is 5.91 Å². The molecule has 76 valence electrons. The Balaban J connectivity index is 2.44. The van der Waals surface area contributed by atoms with E-state index in [1.54, 1.807) is 4.90 Å². The van der Waals surface area contributed by atoms with E-state index in [2.05, 4.69) is 5.10 Å². The van der Waals surface area contributed by atoms with Gasteiger partial charge in [0.15, 0.2) is 0 Å². The van der Waals surface area contributed by atoms with Crippen molar-refractivity contribution < 1.29 is 4.79 Å². The summed E-state index contributed by atoms with van der Waals surface area (Å²) >= 11 is 0. The molecule has 1 aromatic rings. The largest absolute Gasteiger partial charge is 0.341 e. The minimum Gasteiger partial charge on any atom is -0.341 e. The fourth-order valence-corrected chi connectivity index (χ4v) is 2.01. The molecule has 1 aromatic heterocycles. The molecule has 2 rings (SSSR count). The maximum atomic E-state index is 11.5. The predicted molar refractivity (Wildman–Crippen MR) is 52.7 cm³/mol. The fourth-order valence-electron chi connectivity index (χ4n) is 2.01. The molecule has 0 atom stereocenters. The van der Waals surface area contributed by atoms with Gasteiger partial charge in [-0.15, -0.1) is 0 Å². The van der Waals surface area contributed by atoms with Crippen LogP contribution in [0.25, 0.3) is 0 Å². The van der Waals surface area contributed by atoms with E-state index in [1.165, 1.54) is 11.3 Å². The first-order chi connectivity index (χ1) is 6.59. The maximum Gasteiger partial charge on any atom is 0.223 e. The van der Waals surface area contributed by atoms with Crippen LogP contribution in [0.4, 0.5) is 0 Å². The third kappa shape index (κ3) is 1.31. The quantitative estimate of drug-likeness (QED) is 0.606. The molecule has 0 bridgehead atoms. The SMILES string of the molecule is Cc1nn(C)c2c1CN(C)C(=O)CC2. The number of carbonyl (C=O) groups excluding carboxylic acids is 1. The van der Waals surface area contributed by atoms with E-state index in [0.29, 0.717) is 13.0 Å². The lowest BCUT2D eigenvalue weighted by Crippen LogP contribution is -2.24. The second-order valence-corrected chi connectivity index (χ2v) is 3.88. The van der Waals surface area contributed by atoms with Crippen molar-refractivity contribution in [1.29, 1.82) is 0 Å². The van der Waals surface area contributed by atoms with Crippen LogP contribution in [-0.2, 0) is 24.8 Å². The molecule has 0 spiro atoms. The molecule has 2 heterocycles. The van der Waals surface area contributed by atoms with Gasteiger partial charge in [0.2, 0.25) is 5.91 Å². The monoisotopic (exact) mass is 193 g/mol. The normalized spacial score (nSPS) is 16.8. The molecule has 0 saturated carbocycles. The van der Waals surface area contributed by atoms with Gasteiger partial charge >= 0.3 is 0 Å². The van der Waals surface area contributed by atoms with Crippen LogP contribution >= 0.6 is 0 Å². The highest BCUT2D eigenvalue weighted by atomic mass is 16.2. The van der Waals surface area contributed by atoms with Crippen molar-refractivity contribution in [3.63, 3.8) is 0 Å². The molecule has 0 fully saturated rings. The Morgan fingerprint density at radius 1 is 1.29 bits per heavy atom. The van der Waals surface area contributed by atoms with Crippen molar-refractivity contribution in [1.82, 2.24) is 14.7 Å². The highest BCUT2D eigenvalue weighted by Gasteiger charge is 2.22.